The molecule has 0 fully saturated rings. The van der Waals surface area contributed by atoms with E-state index in [1.54, 1.807) is 36.8 Å². The van der Waals surface area contributed by atoms with E-state index in [9.17, 15) is 14.0 Å². The number of nitrogens with one attached hydrogen (secondary N) is 1. The van der Waals surface area contributed by atoms with Crippen molar-refractivity contribution in [2.45, 2.75) is 20.4 Å². The van der Waals surface area contributed by atoms with Gasteiger partial charge in [-0.1, -0.05) is 0 Å². The van der Waals surface area contributed by atoms with E-state index in [4.69, 9.17) is 9.15 Å². The van der Waals surface area contributed by atoms with E-state index >= 15 is 0 Å². The van der Waals surface area contributed by atoms with E-state index in [-0.39, 0.29) is 33.5 Å². The van der Waals surface area contributed by atoms with Crippen LogP contribution in [0.1, 0.15) is 11.3 Å². The topological polar surface area (TPSA) is 73.5 Å². The lowest BCUT2D eigenvalue weighted by molar-refractivity contribution is 0.185. The number of rotatable bonds is 5. The second-order valence-corrected chi connectivity index (χ2v) is 7.36. The molecule has 0 amide bonds. The van der Waals surface area contributed by atoms with Gasteiger partial charge >= 0.3 is 5.63 Å². The molecule has 2 heterocycles. The Morgan fingerprint density at radius 3 is 2.67 bits per heavy atom. The van der Waals surface area contributed by atoms with Gasteiger partial charge in [0, 0.05) is 29.0 Å². The number of hydrogen-bond donors (Lipinski definition) is 1. The van der Waals surface area contributed by atoms with Crippen LogP contribution in [-0.2, 0) is 11.3 Å². The molecule has 0 aliphatic rings. The first-order valence-corrected chi connectivity index (χ1v) is 9.30. The molecule has 0 radical (unpaired) electrons. The number of fused-ring (bicyclic) bond motifs is 1. The predicted octanol–water partition coefficient (Wildman–Crippen LogP) is 3.71. The summed E-state index contributed by atoms with van der Waals surface area (Å²) in [4.78, 5) is 25.3. The largest absolute Gasteiger partial charge is 0.422 e. The van der Waals surface area contributed by atoms with Gasteiger partial charge in [0.25, 0.3) is 5.56 Å². The van der Waals surface area contributed by atoms with E-state index in [1.807, 2.05) is 22.6 Å². The van der Waals surface area contributed by atoms with E-state index in [1.165, 1.54) is 13.0 Å². The summed E-state index contributed by atoms with van der Waals surface area (Å²) in [5.41, 5.74) is 0.524. The van der Waals surface area contributed by atoms with Gasteiger partial charge in [-0.3, -0.25) is 4.79 Å². The Morgan fingerprint density at radius 1 is 1.26 bits per heavy atom. The van der Waals surface area contributed by atoms with E-state index < -0.39 is 11.4 Å². The number of halogens is 2. The van der Waals surface area contributed by atoms with Crippen LogP contribution < -0.4 is 16.5 Å². The summed E-state index contributed by atoms with van der Waals surface area (Å²) >= 11 is 2.01. The first-order chi connectivity index (χ1) is 12.8. The monoisotopic (exact) mass is 484 g/mol. The summed E-state index contributed by atoms with van der Waals surface area (Å²) in [6.45, 7) is 4.00. The van der Waals surface area contributed by atoms with Crippen LogP contribution in [0.3, 0.4) is 0 Å². The fraction of sp³-hybridized carbons (Fsp3) is 0.263. The highest BCUT2D eigenvalue weighted by Gasteiger charge is 2.18. The van der Waals surface area contributed by atoms with E-state index in [0.717, 1.165) is 3.57 Å². The zero-order valence-corrected chi connectivity index (χ0v) is 17.2. The molecule has 2 aromatic heterocycles. The molecule has 0 bridgehead atoms. The lowest BCUT2D eigenvalue weighted by Gasteiger charge is -2.15. The normalized spacial score (nSPS) is 11.1. The molecule has 0 atom stereocenters. The molecule has 3 rings (SSSR count). The molecule has 0 saturated carbocycles. The van der Waals surface area contributed by atoms with Gasteiger partial charge in [0.05, 0.1) is 23.5 Å². The van der Waals surface area contributed by atoms with Gasteiger partial charge in [0.15, 0.2) is 0 Å². The number of hydrogen-bond acceptors (Lipinski definition) is 5. The summed E-state index contributed by atoms with van der Waals surface area (Å²) in [5.74, 6) is -0.477. The SMILES string of the molecule is COCCn1c(C)cc2oc(=O)c(C)c(Nc3ccc(I)cc3F)c2c1=O. The Bertz CT molecular complexity index is 1140. The van der Waals surface area contributed by atoms with Crippen LogP contribution in [-0.4, -0.2) is 18.3 Å². The highest BCUT2D eigenvalue weighted by Crippen LogP contribution is 2.28. The Balaban J connectivity index is 2.28. The molecule has 0 aliphatic carbocycles. The van der Waals surface area contributed by atoms with Crippen molar-refractivity contribution in [3.05, 3.63) is 65.7 Å². The summed E-state index contributed by atoms with van der Waals surface area (Å²) in [7, 11) is 1.55. The van der Waals surface area contributed by atoms with Crippen molar-refractivity contribution in [2.24, 2.45) is 0 Å². The first kappa shape index (κ1) is 19.6. The number of methoxy groups -OCH3 is 1. The van der Waals surface area contributed by atoms with Crippen LogP contribution in [0.4, 0.5) is 15.8 Å². The maximum Gasteiger partial charge on any atom is 0.341 e. The molecular formula is C19H18FIN2O4. The van der Waals surface area contributed by atoms with E-state index in [0.29, 0.717) is 18.8 Å². The standard InChI is InChI=1S/C19H18FIN2O4/c1-10-8-15-16(18(24)23(10)6-7-26-3)17(11(2)19(25)27-15)22-14-5-4-12(21)9-13(14)20/h4-5,8-9,22H,6-7H2,1-3H3. The van der Waals surface area contributed by atoms with Crippen molar-refractivity contribution in [1.82, 2.24) is 4.57 Å². The van der Waals surface area contributed by atoms with Crippen molar-refractivity contribution >= 4 is 44.9 Å². The number of aromatic nitrogens is 1. The molecular weight excluding hydrogens is 466 g/mol. The van der Waals surface area contributed by atoms with Gasteiger partial charge in [-0.15, -0.1) is 0 Å². The first-order valence-electron chi connectivity index (χ1n) is 8.22. The van der Waals surface area contributed by atoms with Crippen molar-refractivity contribution in [2.75, 3.05) is 19.0 Å². The Kier molecular flexibility index (Phi) is 5.66. The number of anilines is 2. The molecule has 0 aliphatic heterocycles. The predicted molar refractivity (Wildman–Crippen MR) is 110 cm³/mol. The number of benzene rings is 1. The van der Waals surface area contributed by atoms with Crippen molar-refractivity contribution in [3.8, 4) is 0 Å². The second-order valence-electron chi connectivity index (χ2n) is 6.11. The molecule has 1 N–H and O–H groups in total. The molecule has 0 unspecified atom stereocenters. The lowest BCUT2D eigenvalue weighted by atomic mass is 10.1. The van der Waals surface area contributed by atoms with E-state index in [2.05, 4.69) is 5.32 Å². The number of ether oxygens (including phenoxy) is 1. The molecule has 142 valence electrons. The smallest absolute Gasteiger partial charge is 0.341 e. The highest BCUT2D eigenvalue weighted by atomic mass is 127. The number of nitrogens with zero attached hydrogens (tertiary/aromatic N) is 1. The average Bonchev–Trinajstić information content (AvgIpc) is 2.60. The van der Waals surface area contributed by atoms with Crippen LogP contribution in [0.25, 0.3) is 11.0 Å². The van der Waals surface area contributed by atoms with Crippen LogP contribution >= 0.6 is 22.6 Å². The van der Waals surface area contributed by atoms with Gasteiger partial charge < -0.3 is 19.0 Å². The maximum atomic E-state index is 14.3. The summed E-state index contributed by atoms with van der Waals surface area (Å²) in [5, 5.41) is 3.11. The summed E-state index contributed by atoms with van der Waals surface area (Å²) in [6.07, 6.45) is 0. The Morgan fingerprint density at radius 2 is 2.00 bits per heavy atom. The van der Waals surface area contributed by atoms with Crippen molar-refractivity contribution in [1.29, 1.82) is 0 Å². The highest BCUT2D eigenvalue weighted by molar-refractivity contribution is 14.1. The van der Waals surface area contributed by atoms with Crippen LogP contribution in [0, 0.1) is 23.2 Å². The fourth-order valence-corrected chi connectivity index (χ4v) is 3.31. The van der Waals surface area contributed by atoms with Gasteiger partial charge in [-0.2, -0.15) is 0 Å². The molecule has 0 saturated heterocycles. The minimum Gasteiger partial charge on any atom is -0.422 e. The molecule has 0 spiro atoms. The third kappa shape index (κ3) is 3.77. The molecule has 6 nitrogen and oxygen atoms in total. The van der Waals surface area contributed by atoms with Gasteiger partial charge in [0.1, 0.15) is 16.8 Å². The average molecular weight is 484 g/mol. The van der Waals surface area contributed by atoms with Gasteiger partial charge in [-0.05, 0) is 54.6 Å². The quantitative estimate of drug-likeness (QED) is 0.560. The zero-order chi connectivity index (χ0) is 19.7. The zero-order valence-electron chi connectivity index (χ0n) is 15.1. The second kappa shape index (κ2) is 7.81. The third-order valence-electron chi connectivity index (χ3n) is 4.31. The van der Waals surface area contributed by atoms with Crippen LogP contribution in [0.15, 0.2) is 38.3 Å². The Hall–Kier alpha value is -2.20. The Labute approximate surface area is 168 Å². The maximum absolute atomic E-state index is 14.3. The summed E-state index contributed by atoms with van der Waals surface area (Å²) in [6, 6.07) is 6.29. The number of pyridine rings is 1. The minimum atomic E-state index is -0.579. The lowest BCUT2D eigenvalue weighted by Crippen LogP contribution is -2.26. The fourth-order valence-electron chi connectivity index (χ4n) is 2.86. The number of aryl methyl sites for hydroxylation is 1. The molecule has 8 heteroatoms. The third-order valence-corrected chi connectivity index (χ3v) is 4.99. The van der Waals surface area contributed by atoms with Crippen LogP contribution in [0.2, 0.25) is 0 Å². The minimum absolute atomic E-state index is 0.162. The van der Waals surface area contributed by atoms with Crippen LogP contribution in [0.5, 0.6) is 0 Å². The molecule has 1 aromatic carbocycles. The van der Waals surface area contributed by atoms with Crippen molar-refractivity contribution < 1.29 is 13.5 Å². The van der Waals surface area contributed by atoms with Crippen molar-refractivity contribution in [3.63, 3.8) is 0 Å². The summed E-state index contributed by atoms with van der Waals surface area (Å²) < 4.78 is 27.0. The molecule has 3 aromatic rings. The molecule has 27 heavy (non-hydrogen) atoms. The van der Waals surface area contributed by atoms with Gasteiger partial charge in [-0.25, -0.2) is 9.18 Å². The van der Waals surface area contributed by atoms with Gasteiger partial charge in [0.2, 0.25) is 0 Å².